The summed E-state index contributed by atoms with van der Waals surface area (Å²) >= 11 is 0. The summed E-state index contributed by atoms with van der Waals surface area (Å²) in [6, 6.07) is 9.71. The van der Waals surface area contributed by atoms with Crippen molar-refractivity contribution in [3.8, 4) is 0 Å². The minimum atomic E-state index is -4.53. The Labute approximate surface area is 186 Å². The highest BCUT2D eigenvalue weighted by atomic mass is 19.4. The average Bonchev–Trinajstić information content (AvgIpc) is 2.89. The Hall–Kier alpha value is -3.89. The van der Waals surface area contributed by atoms with Crippen molar-refractivity contribution in [2.75, 3.05) is 23.4 Å². The van der Waals surface area contributed by atoms with E-state index in [1.165, 1.54) is 4.90 Å². The molecule has 1 aliphatic rings. The lowest BCUT2D eigenvalue weighted by molar-refractivity contribution is -0.146. The van der Waals surface area contributed by atoms with Crippen molar-refractivity contribution in [2.24, 2.45) is 0 Å². The van der Waals surface area contributed by atoms with Crippen LogP contribution in [0.2, 0.25) is 0 Å². The molecule has 0 spiro atoms. The van der Waals surface area contributed by atoms with Gasteiger partial charge >= 0.3 is 12.1 Å². The first kappa shape index (κ1) is 23.8. The second-order valence-electron chi connectivity index (χ2n) is 7.30. The number of ether oxygens (including phenoxy) is 1. The van der Waals surface area contributed by atoms with Gasteiger partial charge in [0.05, 0.1) is 16.9 Å². The minimum absolute atomic E-state index is 0.0531. The summed E-state index contributed by atoms with van der Waals surface area (Å²) in [5.74, 6) is -2.50. The molecule has 0 saturated heterocycles. The average molecular weight is 463 g/mol. The molecule has 0 aromatic heterocycles. The van der Waals surface area contributed by atoms with Crippen LogP contribution >= 0.6 is 0 Å². The highest BCUT2D eigenvalue weighted by Gasteiger charge is 2.31. The molecule has 0 saturated carbocycles. The van der Waals surface area contributed by atoms with Crippen LogP contribution in [0.5, 0.6) is 0 Å². The Morgan fingerprint density at radius 3 is 2.45 bits per heavy atom. The molecule has 11 heteroatoms. The molecule has 2 N–H and O–H groups in total. The van der Waals surface area contributed by atoms with Gasteiger partial charge in [0.2, 0.25) is 5.91 Å². The van der Waals surface area contributed by atoms with Crippen LogP contribution in [0.3, 0.4) is 0 Å². The molecule has 0 bridgehead atoms. The number of para-hydroxylation sites is 2. The summed E-state index contributed by atoms with van der Waals surface area (Å²) in [6.45, 7) is 0.479. The first-order valence-electron chi connectivity index (χ1n) is 9.88. The summed E-state index contributed by atoms with van der Waals surface area (Å²) in [5, 5.41) is 4.94. The first-order valence-corrected chi connectivity index (χ1v) is 9.88. The zero-order valence-electron chi connectivity index (χ0n) is 17.4. The van der Waals surface area contributed by atoms with E-state index < -0.39 is 48.7 Å². The number of carbonyl (C=O) groups is 4. The minimum Gasteiger partial charge on any atom is -0.454 e. The number of carbonyl (C=O) groups excluding carboxylic acids is 4. The van der Waals surface area contributed by atoms with E-state index in [9.17, 15) is 32.3 Å². The molecule has 1 atom stereocenters. The molecular weight excluding hydrogens is 443 g/mol. The second kappa shape index (κ2) is 9.72. The number of fused-ring (bicyclic) bond motifs is 1. The maximum Gasteiger partial charge on any atom is 0.416 e. The molecule has 8 nitrogen and oxygen atoms in total. The van der Waals surface area contributed by atoms with Gasteiger partial charge < -0.3 is 20.3 Å². The molecule has 3 amide bonds. The van der Waals surface area contributed by atoms with Gasteiger partial charge in [-0.15, -0.1) is 0 Å². The van der Waals surface area contributed by atoms with Crippen LogP contribution in [0.1, 0.15) is 29.3 Å². The fourth-order valence-electron chi connectivity index (χ4n) is 3.30. The third-order valence-corrected chi connectivity index (χ3v) is 4.85. The molecule has 3 rings (SSSR count). The monoisotopic (exact) mass is 463 g/mol. The molecule has 1 unspecified atom stereocenters. The summed E-state index contributed by atoms with van der Waals surface area (Å²) < 4.78 is 42.7. The quantitative estimate of drug-likeness (QED) is 0.664. The van der Waals surface area contributed by atoms with Gasteiger partial charge in [0.1, 0.15) is 6.54 Å². The molecule has 2 aromatic carbocycles. The van der Waals surface area contributed by atoms with E-state index in [4.69, 9.17) is 4.74 Å². The van der Waals surface area contributed by atoms with Crippen LogP contribution in [-0.2, 0) is 25.3 Å². The summed E-state index contributed by atoms with van der Waals surface area (Å²) in [5.41, 5.74) is -0.0555. The third kappa shape index (κ3) is 5.88. The third-order valence-electron chi connectivity index (χ3n) is 4.85. The van der Waals surface area contributed by atoms with Gasteiger partial charge in [-0.3, -0.25) is 19.2 Å². The van der Waals surface area contributed by atoms with Crippen molar-refractivity contribution in [1.29, 1.82) is 0 Å². The Kier molecular flexibility index (Phi) is 7.00. The Balaban J connectivity index is 1.55. The molecule has 0 radical (unpaired) electrons. The van der Waals surface area contributed by atoms with Crippen molar-refractivity contribution < 1.29 is 37.1 Å². The van der Waals surface area contributed by atoms with Crippen molar-refractivity contribution in [3.63, 3.8) is 0 Å². The lowest BCUT2D eigenvalue weighted by Crippen LogP contribution is -2.42. The number of hydrogen-bond acceptors (Lipinski definition) is 5. The molecule has 174 valence electrons. The molecule has 1 heterocycles. The lowest BCUT2D eigenvalue weighted by Gasteiger charge is -2.27. The number of hydrogen-bond donors (Lipinski definition) is 2. The van der Waals surface area contributed by atoms with Crippen LogP contribution in [0.25, 0.3) is 0 Å². The van der Waals surface area contributed by atoms with E-state index in [0.29, 0.717) is 11.4 Å². The van der Waals surface area contributed by atoms with Gasteiger partial charge in [-0.05, 0) is 43.3 Å². The molecule has 2 aromatic rings. The normalized spacial score (nSPS) is 15.7. The lowest BCUT2D eigenvalue weighted by atomic mass is 10.1. The number of nitrogens with one attached hydrogen (secondary N) is 2. The number of halogens is 3. The fraction of sp³-hybridized carbons (Fsp3) is 0.273. The molecule has 33 heavy (non-hydrogen) atoms. The Morgan fingerprint density at radius 1 is 1.12 bits per heavy atom. The molecular formula is C22H20F3N3O5. The smallest absolute Gasteiger partial charge is 0.416 e. The number of esters is 1. The van der Waals surface area contributed by atoms with E-state index in [1.807, 2.05) is 0 Å². The highest BCUT2D eigenvalue weighted by Crippen LogP contribution is 2.31. The van der Waals surface area contributed by atoms with Crippen LogP contribution in [0.15, 0.2) is 48.5 Å². The SMILES string of the molecule is CC1CC(=O)Nc2ccccc2N1C(=O)COC(=O)CNC(=O)c1ccc(C(F)(F)F)cc1. The fourth-order valence-corrected chi connectivity index (χ4v) is 3.30. The highest BCUT2D eigenvalue weighted by molar-refractivity contribution is 6.05. The molecule has 1 aliphatic heterocycles. The number of anilines is 2. The van der Waals surface area contributed by atoms with E-state index in [-0.39, 0.29) is 17.9 Å². The van der Waals surface area contributed by atoms with Gasteiger partial charge in [-0.1, -0.05) is 12.1 Å². The maximum absolute atomic E-state index is 12.7. The topological polar surface area (TPSA) is 105 Å². The van der Waals surface area contributed by atoms with Crippen molar-refractivity contribution in [2.45, 2.75) is 25.6 Å². The summed E-state index contributed by atoms with van der Waals surface area (Å²) in [6.07, 6.45) is -4.47. The summed E-state index contributed by atoms with van der Waals surface area (Å²) in [7, 11) is 0. The number of amides is 3. The van der Waals surface area contributed by atoms with Crippen LogP contribution < -0.4 is 15.5 Å². The number of benzene rings is 2. The zero-order chi connectivity index (χ0) is 24.2. The summed E-state index contributed by atoms with van der Waals surface area (Å²) in [4.78, 5) is 50.1. The van der Waals surface area contributed by atoms with E-state index >= 15 is 0 Å². The van der Waals surface area contributed by atoms with Crippen molar-refractivity contribution >= 4 is 35.1 Å². The molecule has 0 fully saturated rings. The van der Waals surface area contributed by atoms with E-state index in [0.717, 1.165) is 24.3 Å². The van der Waals surface area contributed by atoms with Crippen molar-refractivity contribution in [3.05, 3.63) is 59.7 Å². The Bertz CT molecular complexity index is 1070. The van der Waals surface area contributed by atoms with E-state index in [2.05, 4.69) is 10.6 Å². The number of nitrogens with zero attached hydrogens (tertiary/aromatic N) is 1. The second-order valence-corrected chi connectivity index (χ2v) is 7.30. The van der Waals surface area contributed by atoms with Gasteiger partial charge in [0.25, 0.3) is 11.8 Å². The maximum atomic E-state index is 12.7. The zero-order valence-corrected chi connectivity index (χ0v) is 17.4. The van der Waals surface area contributed by atoms with Crippen LogP contribution in [-0.4, -0.2) is 42.9 Å². The van der Waals surface area contributed by atoms with Gasteiger partial charge in [0.15, 0.2) is 6.61 Å². The number of alkyl halides is 3. The Morgan fingerprint density at radius 2 is 1.79 bits per heavy atom. The van der Waals surface area contributed by atoms with E-state index in [1.54, 1.807) is 31.2 Å². The largest absolute Gasteiger partial charge is 0.454 e. The molecule has 0 aliphatic carbocycles. The van der Waals surface area contributed by atoms with Gasteiger partial charge in [-0.2, -0.15) is 13.2 Å². The van der Waals surface area contributed by atoms with Crippen LogP contribution in [0.4, 0.5) is 24.5 Å². The van der Waals surface area contributed by atoms with Gasteiger partial charge in [-0.25, -0.2) is 0 Å². The predicted octanol–water partition coefficient (Wildman–Crippen LogP) is 2.74. The number of rotatable bonds is 5. The standard InChI is InChI=1S/C22H20F3N3O5/c1-13-10-18(29)27-16-4-2-3-5-17(16)28(13)19(30)12-33-20(31)11-26-21(32)14-6-8-15(9-7-14)22(23,24)25/h2-9,13H,10-12H2,1H3,(H,26,32)(H,27,29). The predicted molar refractivity (Wildman–Crippen MR) is 111 cm³/mol. The van der Waals surface area contributed by atoms with Gasteiger partial charge in [0, 0.05) is 18.0 Å². The first-order chi connectivity index (χ1) is 15.6. The van der Waals surface area contributed by atoms with Crippen LogP contribution in [0, 0.1) is 0 Å². The van der Waals surface area contributed by atoms with Crippen molar-refractivity contribution in [1.82, 2.24) is 5.32 Å².